The zero-order valence-electron chi connectivity index (χ0n) is 12.5. The van der Waals surface area contributed by atoms with Gasteiger partial charge in [0.15, 0.2) is 0 Å². The maximum Gasteiger partial charge on any atom is 0.238 e. The summed E-state index contributed by atoms with van der Waals surface area (Å²) in [5.41, 5.74) is 4.84. The van der Waals surface area contributed by atoms with E-state index >= 15 is 0 Å². The summed E-state index contributed by atoms with van der Waals surface area (Å²) in [5, 5.41) is 3.25. The molecule has 2 atom stereocenters. The van der Waals surface area contributed by atoms with Gasteiger partial charge in [0.25, 0.3) is 0 Å². The second kappa shape index (κ2) is 8.45. The molecule has 0 aromatic carbocycles. The number of nitrogens with one attached hydrogen (secondary N) is 1. The smallest absolute Gasteiger partial charge is 0.238 e. The number of nitrogens with two attached hydrogens (primary N) is 1. The first-order chi connectivity index (χ1) is 8.41. The van der Waals surface area contributed by atoms with E-state index < -0.39 is 5.54 Å². The molecule has 0 aliphatic heterocycles. The van der Waals surface area contributed by atoms with Gasteiger partial charge in [-0.3, -0.25) is 9.69 Å². The van der Waals surface area contributed by atoms with Gasteiger partial charge in [-0.2, -0.15) is 0 Å². The Morgan fingerprint density at radius 3 is 2.50 bits per heavy atom. The number of primary amides is 1. The number of carbonyl (C=O) groups excluding carboxylic acids is 1. The maximum absolute atomic E-state index is 11.7. The van der Waals surface area contributed by atoms with Crippen molar-refractivity contribution in [3.05, 3.63) is 0 Å². The van der Waals surface area contributed by atoms with E-state index in [-0.39, 0.29) is 11.9 Å². The molecule has 0 saturated carbocycles. The van der Waals surface area contributed by atoms with Crippen molar-refractivity contribution in [3.63, 3.8) is 0 Å². The summed E-state index contributed by atoms with van der Waals surface area (Å²) in [6, 6.07) is 0.266. The summed E-state index contributed by atoms with van der Waals surface area (Å²) in [4.78, 5) is 13.9. The Bertz CT molecular complexity index is 248. The van der Waals surface area contributed by atoms with Crippen molar-refractivity contribution in [2.24, 2.45) is 5.73 Å². The summed E-state index contributed by atoms with van der Waals surface area (Å²) >= 11 is 0. The van der Waals surface area contributed by atoms with Crippen molar-refractivity contribution in [1.29, 1.82) is 0 Å². The van der Waals surface area contributed by atoms with Crippen LogP contribution in [0.4, 0.5) is 0 Å². The minimum absolute atomic E-state index is 0.266. The lowest BCUT2D eigenvalue weighted by atomic mass is 9.99. The van der Waals surface area contributed by atoms with Crippen LogP contribution in [0.2, 0.25) is 0 Å². The second-order valence-electron chi connectivity index (χ2n) is 4.99. The molecule has 0 radical (unpaired) electrons. The van der Waals surface area contributed by atoms with E-state index in [2.05, 4.69) is 31.0 Å². The summed E-state index contributed by atoms with van der Waals surface area (Å²) in [7, 11) is 1.69. The van der Waals surface area contributed by atoms with Crippen LogP contribution in [0.3, 0.4) is 0 Å². The van der Waals surface area contributed by atoms with Gasteiger partial charge in [0.2, 0.25) is 5.91 Å². The number of rotatable bonds is 10. The molecule has 1 amide bonds. The molecule has 3 N–H and O–H groups in total. The Balaban J connectivity index is 4.66. The van der Waals surface area contributed by atoms with E-state index in [0.717, 1.165) is 19.5 Å². The Hall–Kier alpha value is -0.650. The van der Waals surface area contributed by atoms with Crippen LogP contribution in [0.1, 0.15) is 34.1 Å². The first-order valence-corrected chi connectivity index (χ1v) is 6.69. The number of hydrogen-bond donors (Lipinski definition) is 2. The first kappa shape index (κ1) is 17.4. The minimum Gasteiger partial charge on any atom is -0.383 e. The van der Waals surface area contributed by atoms with Crippen LogP contribution >= 0.6 is 0 Å². The molecule has 0 fully saturated rings. The van der Waals surface area contributed by atoms with Crippen LogP contribution < -0.4 is 11.1 Å². The highest BCUT2D eigenvalue weighted by molar-refractivity contribution is 5.84. The van der Waals surface area contributed by atoms with Crippen molar-refractivity contribution >= 4 is 5.91 Å². The standard InChI is InChI=1S/C13H29N3O2/c1-6-8-15-13(4,12(14)17)10-16(7-2)11(3)9-18-5/h11,15H,6-10H2,1-5H3,(H2,14,17). The third-order valence-electron chi connectivity index (χ3n) is 3.27. The molecular weight excluding hydrogens is 230 g/mol. The van der Waals surface area contributed by atoms with Gasteiger partial charge in [-0.15, -0.1) is 0 Å². The monoisotopic (exact) mass is 259 g/mol. The van der Waals surface area contributed by atoms with Crippen LogP contribution in [0, 0.1) is 0 Å². The fourth-order valence-corrected chi connectivity index (χ4v) is 1.95. The quantitative estimate of drug-likeness (QED) is 0.602. The van der Waals surface area contributed by atoms with Gasteiger partial charge in [0, 0.05) is 19.7 Å². The zero-order valence-corrected chi connectivity index (χ0v) is 12.5. The molecule has 0 aromatic heterocycles. The highest BCUT2D eigenvalue weighted by Crippen LogP contribution is 2.10. The Morgan fingerprint density at radius 2 is 2.11 bits per heavy atom. The van der Waals surface area contributed by atoms with Crippen LogP contribution in [0.5, 0.6) is 0 Å². The van der Waals surface area contributed by atoms with Gasteiger partial charge in [0.05, 0.1) is 6.61 Å². The summed E-state index contributed by atoms with van der Waals surface area (Å²) < 4.78 is 5.16. The zero-order chi connectivity index (χ0) is 14.2. The van der Waals surface area contributed by atoms with E-state index in [1.807, 2.05) is 6.92 Å². The summed E-state index contributed by atoms with van der Waals surface area (Å²) in [6.45, 7) is 11.0. The van der Waals surface area contributed by atoms with Crippen molar-refractivity contribution in [2.45, 2.75) is 45.7 Å². The average Bonchev–Trinajstić information content (AvgIpc) is 2.33. The molecular formula is C13H29N3O2. The Morgan fingerprint density at radius 1 is 1.50 bits per heavy atom. The lowest BCUT2D eigenvalue weighted by Gasteiger charge is -2.36. The number of carbonyl (C=O) groups is 1. The van der Waals surface area contributed by atoms with E-state index in [4.69, 9.17) is 10.5 Å². The molecule has 0 heterocycles. The molecule has 0 bridgehead atoms. The Labute approximate surface area is 111 Å². The van der Waals surface area contributed by atoms with Crippen LogP contribution in [-0.2, 0) is 9.53 Å². The van der Waals surface area contributed by atoms with Crippen molar-refractivity contribution < 1.29 is 9.53 Å². The molecule has 5 nitrogen and oxygen atoms in total. The summed E-state index contributed by atoms with van der Waals surface area (Å²) in [6.07, 6.45) is 0.975. The highest BCUT2D eigenvalue weighted by Gasteiger charge is 2.33. The van der Waals surface area contributed by atoms with Gasteiger partial charge < -0.3 is 15.8 Å². The third kappa shape index (κ3) is 5.33. The predicted molar refractivity (Wildman–Crippen MR) is 74.5 cm³/mol. The molecule has 0 rings (SSSR count). The molecule has 0 saturated heterocycles. The van der Waals surface area contributed by atoms with Gasteiger partial charge in [-0.05, 0) is 33.4 Å². The second-order valence-corrected chi connectivity index (χ2v) is 4.99. The SMILES string of the molecule is CCCNC(C)(CN(CC)C(C)COC)C(N)=O. The number of hydrogen-bond acceptors (Lipinski definition) is 4. The number of nitrogens with zero attached hydrogens (tertiary/aromatic N) is 1. The van der Waals surface area contributed by atoms with E-state index in [0.29, 0.717) is 13.2 Å². The van der Waals surface area contributed by atoms with Crippen molar-refractivity contribution in [2.75, 3.05) is 33.4 Å². The lowest BCUT2D eigenvalue weighted by Crippen LogP contribution is -2.61. The Kier molecular flexibility index (Phi) is 8.15. The molecule has 5 heteroatoms. The summed E-state index contributed by atoms with van der Waals surface area (Å²) in [5.74, 6) is -0.306. The fourth-order valence-electron chi connectivity index (χ4n) is 1.95. The molecule has 0 aliphatic rings. The number of ether oxygens (including phenoxy) is 1. The topological polar surface area (TPSA) is 67.6 Å². The molecule has 0 aromatic rings. The highest BCUT2D eigenvalue weighted by atomic mass is 16.5. The van der Waals surface area contributed by atoms with Crippen molar-refractivity contribution in [3.8, 4) is 0 Å². The number of likely N-dealkylation sites (N-methyl/N-ethyl adjacent to an activating group) is 1. The molecule has 18 heavy (non-hydrogen) atoms. The van der Waals surface area contributed by atoms with Crippen LogP contribution in [-0.4, -0.2) is 55.7 Å². The fraction of sp³-hybridized carbons (Fsp3) is 0.923. The van der Waals surface area contributed by atoms with Gasteiger partial charge in [-0.1, -0.05) is 13.8 Å². The average molecular weight is 259 g/mol. The molecule has 0 spiro atoms. The van der Waals surface area contributed by atoms with E-state index in [1.165, 1.54) is 0 Å². The maximum atomic E-state index is 11.7. The first-order valence-electron chi connectivity index (χ1n) is 6.69. The molecule has 0 aliphatic carbocycles. The minimum atomic E-state index is -0.686. The number of methoxy groups -OCH3 is 1. The van der Waals surface area contributed by atoms with Crippen LogP contribution in [0.25, 0.3) is 0 Å². The van der Waals surface area contributed by atoms with E-state index in [1.54, 1.807) is 7.11 Å². The van der Waals surface area contributed by atoms with Crippen molar-refractivity contribution in [1.82, 2.24) is 10.2 Å². The molecule has 108 valence electrons. The predicted octanol–water partition coefficient (Wildman–Crippen LogP) is 0.587. The molecule has 2 unspecified atom stereocenters. The van der Waals surface area contributed by atoms with Gasteiger partial charge in [0.1, 0.15) is 5.54 Å². The van der Waals surface area contributed by atoms with Gasteiger partial charge >= 0.3 is 0 Å². The van der Waals surface area contributed by atoms with Crippen LogP contribution in [0.15, 0.2) is 0 Å². The normalized spacial score (nSPS) is 16.6. The number of amides is 1. The van der Waals surface area contributed by atoms with E-state index in [9.17, 15) is 4.79 Å². The lowest BCUT2D eigenvalue weighted by molar-refractivity contribution is -0.125. The largest absolute Gasteiger partial charge is 0.383 e. The van der Waals surface area contributed by atoms with Gasteiger partial charge in [-0.25, -0.2) is 0 Å². The third-order valence-corrected chi connectivity index (χ3v) is 3.27.